The molecule has 0 aromatic carbocycles. The molecular weight excluding hydrogens is 895 g/mol. The number of hydrogen-bond acceptors (Lipinski definition) is 18. The minimum atomic E-state index is -5.59. The molecule has 4 unspecified atom stereocenters. The molecule has 0 spiro atoms. The minimum Gasteiger partial charge on any atom is -0.386 e. The monoisotopic (exact) mass is 947 g/mol. The number of nitrogen functional groups attached to an aromatic ring is 1. The van der Waals surface area contributed by atoms with Crippen molar-refractivity contribution in [1.29, 1.82) is 0 Å². The first-order valence-electron chi connectivity index (χ1n) is 18.3. The van der Waals surface area contributed by atoms with E-state index in [1.54, 1.807) is 0 Å². The maximum atomic E-state index is 12.9. The predicted octanol–water partition coefficient (Wildman–Crippen LogP) is 0.782. The molecule has 61 heavy (non-hydrogen) atoms. The van der Waals surface area contributed by atoms with E-state index in [1.807, 2.05) is 20.8 Å². The summed E-state index contributed by atoms with van der Waals surface area (Å²) in [7, 11) is -17.7. The lowest BCUT2D eigenvalue weighted by molar-refractivity contribution is -0.137. The Hall–Kier alpha value is -3.29. The van der Waals surface area contributed by atoms with Crippen LogP contribution in [-0.2, 0) is 55.5 Å². The van der Waals surface area contributed by atoms with Gasteiger partial charge in [-0.3, -0.25) is 37.3 Å². The molecule has 2 aromatic heterocycles. The smallest absolute Gasteiger partial charge is 0.386 e. The van der Waals surface area contributed by atoms with Gasteiger partial charge in [-0.2, -0.15) is 15.2 Å². The van der Waals surface area contributed by atoms with Crippen molar-refractivity contribution < 1.29 is 85.3 Å². The minimum absolute atomic E-state index is 0.0243. The third-order valence-corrected chi connectivity index (χ3v) is 14.8. The van der Waals surface area contributed by atoms with Crippen molar-refractivity contribution in [2.24, 2.45) is 5.41 Å². The highest BCUT2D eigenvalue weighted by molar-refractivity contribution is 8.32. The lowest BCUT2D eigenvalue weighted by atomic mass is 9.87. The summed E-state index contributed by atoms with van der Waals surface area (Å²) in [4.78, 5) is 101. The molecule has 0 aliphatic carbocycles. The van der Waals surface area contributed by atoms with Gasteiger partial charge in [0, 0.05) is 37.1 Å². The number of hydrogen-bond donors (Lipinski definition) is 10. The number of aliphatic hydroxyl groups is 2. The quantitative estimate of drug-likeness (QED) is 0.0301. The molecule has 344 valence electrons. The molecule has 1 aliphatic heterocycles. The van der Waals surface area contributed by atoms with E-state index in [1.165, 1.54) is 26.0 Å². The third-order valence-electron chi connectivity index (χ3n) is 8.78. The summed E-state index contributed by atoms with van der Waals surface area (Å²) < 4.78 is 62.3. The largest absolute Gasteiger partial charge is 0.481 e. The maximum absolute atomic E-state index is 12.9. The van der Waals surface area contributed by atoms with Crippen molar-refractivity contribution in [3.05, 3.63) is 35.3 Å². The van der Waals surface area contributed by atoms with Crippen molar-refractivity contribution in [2.45, 2.75) is 84.5 Å². The Morgan fingerprint density at radius 2 is 1.74 bits per heavy atom. The fourth-order valence-electron chi connectivity index (χ4n) is 5.81. The Balaban J connectivity index is 1.51. The second kappa shape index (κ2) is 22.4. The number of rotatable bonds is 24. The highest BCUT2D eigenvalue weighted by Crippen LogP contribution is 2.61. The first-order valence-corrected chi connectivity index (χ1v) is 24.3. The third kappa shape index (κ3) is 15.5. The van der Waals surface area contributed by atoms with Crippen molar-refractivity contribution in [1.82, 2.24) is 30.2 Å². The van der Waals surface area contributed by atoms with Crippen LogP contribution in [0.3, 0.4) is 0 Å². The van der Waals surface area contributed by atoms with Crippen molar-refractivity contribution in [3.63, 3.8) is 0 Å². The molecule has 0 bridgehead atoms. The van der Waals surface area contributed by atoms with Crippen molar-refractivity contribution >= 4 is 74.6 Å². The lowest BCUT2D eigenvalue weighted by Crippen LogP contribution is -2.46. The summed E-state index contributed by atoms with van der Waals surface area (Å²) in [6.45, 7) is 6.11. The molecule has 29 heteroatoms. The fraction of sp³-hybridized carbons (Fsp3) is 0.594. The van der Waals surface area contributed by atoms with Crippen LogP contribution in [0.25, 0.3) is 11.2 Å². The molecule has 0 saturated carbocycles. The fourth-order valence-corrected chi connectivity index (χ4v) is 11.0. The van der Waals surface area contributed by atoms with Gasteiger partial charge in [0.15, 0.2) is 22.8 Å². The van der Waals surface area contributed by atoms with Gasteiger partial charge >= 0.3 is 23.5 Å². The standard InChI is InChI=1S/C32H52N7O18P3S/c1-6-21(19(2)3)61(23(42)9-7-8-13-40)14-12-34-22(41)10-11-35-30(45)27(44)32(4,5)16-54-60(51,52)57-59(49,50)53-15-20-26(56-58(46,47)48)25(43)31(55-20)39-18-38-24-28(33)36-17-37-29(24)39/h7-8,13,17-18,20,25-27,31,43-44,61H,6,9-12,14-16H2,1-5H3,(H,34,41)(H,35,45)(H,49,50)(H,51,52)(H2,33,36,37)(H2,46,47,48)/t20-,25-,26-,27?,31-/m1/s1. The highest BCUT2D eigenvalue weighted by atomic mass is 32.2. The van der Waals surface area contributed by atoms with Crippen LogP contribution in [0.2, 0.25) is 0 Å². The zero-order chi connectivity index (χ0) is 45.9. The number of nitrogens with two attached hydrogens (primary N) is 1. The Morgan fingerprint density at radius 1 is 1.07 bits per heavy atom. The molecule has 1 aliphatic rings. The van der Waals surface area contributed by atoms with Crippen LogP contribution < -0.4 is 16.4 Å². The van der Waals surface area contributed by atoms with Crippen LogP contribution in [0.15, 0.2) is 35.3 Å². The number of allylic oxidation sites excluding steroid dienone is 4. The van der Waals surface area contributed by atoms with Crippen LogP contribution in [-0.4, -0.2) is 129 Å². The van der Waals surface area contributed by atoms with Crippen LogP contribution in [0.4, 0.5) is 5.82 Å². The number of phosphoric acid groups is 3. The number of nitrogens with zero attached hydrogens (tertiary/aromatic N) is 4. The van der Waals surface area contributed by atoms with E-state index in [0.717, 1.165) is 27.7 Å². The van der Waals surface area contributed by atoms with Gasteiger partial charge in [0.1, 0.15) is 42.5 Å². The van der Waals surface area contributed by atoms with E-state index in [0.29, 0.717) is 18.5 Å². The van der Waals surface area contributed by atoms with E-state index in [2.05, 4.69) is 34.4 Å². The summed E-state index contributed by atoms with van der Waals surface area (Å²) in [6.07, 6.45) is -2.99. The van der Waals surface area contributed by atoms with Gasteiger partial charge in [0.25, 0.3) is 0 Å². The van der Waals surface area contributed by atoms with E-state index in [4.69, 9.17) is 19.5 Å². The molecule has 2 amide bonds. The van der Waals surface area contributed by atoms with E-state index >= 15 is 0 Å². The number of carbonyl (C=O) groups is 4. The Labute approximate surface area is 352 Å². The van der Waals surface area contributed by atoms with Crippen LogP contribution in [0.5, 0.6) is 0 Å². The number of anilines is 1. The van der Waals surface area contributed by atoms with Crippen molar-refractivity contribution in [3.8, 4) is 0 Å². The Kier molecular flexibility index (Phi) is 19.1. The normalized spacial score (nSPS) is 21.7. The lowest BCUT2D eigenvalue weighted by Gasteiger charge is -2.30. The SMILES string of the molecule is CCC(=C(C)C)[SH](CCNC(=O)CCNC(=O)C(O)C(C)(C)COP(=O)(O)OP(=O)(O)OC[C@H]1O[C@@H](n2cnc3c(N)ncnc32)[C@H](O)[C@@H]1OP(=O)(O)O)C(=O)CC=CC=O. The van der Waals surface area contributed by atoms with Crippen LogP contribution >= 0.6 is 34.4 Å². The molecular formula is C32H52N7O18P3S. The number of aromatic nitrogens is 4. The van der Waals surface area contributed by atoms with Gasteiger partial charge in [0.05, 0.1) is 19.5 Å². The summed E-state index contributed by atoms with van der Waals surface area (Å²) >= 11 is 0. The van der Waals surface area contributed by atoms with Crippen LogP contribution in [0, 0.1) is 5.41 Å². The number of phosphoric ester groups is 3. The summed E-state index contributed by atoms with van der Waals surface area (Å²) in [5.41, 5.74) is 5.23. The molecule has 0 radical (unpaired) electrons. The summed E-state index contributed by atoms with van der Waals surface area (Å²) in [5.74, 6) is -1.14. The number of fused-ring (bicyclic) bond motifs is 1. The first kappa shape index (κ1) is 52.1. The van der Waals surface area contributed by atoms with Crippen LogP contribution in [0.1, 0.15) is 60.1 Å². The number of thiol groups is 1. The summed E-state index contributed by atoms with van der Waals surface area (Å²) in [5, 5.41) is 26.6. The number of carbonyl (C=O) groups excluding carboxylic acids is 4. The van der Waals surface area contributed by atoms with Gasteiger partial charge in [-0.15, -0.1) is 0 Å². The zero-order valence-corrected chi connectivity index (χ0v) is 37.2. The number of ether oxygens (including phenoxy) is 1. The maximum Gasteiger partial charge on any atom is 0.481 e. The molecule has 1 saturated heterocycles. The first-order chi connectivity index (χ1) is 28.3. The topological polar surface area (TPSA) is 381 Å². The number of amides is 2. The predicted molar refractivity (Wildman–Crippen MR) is 217 cm³/mol. The molecule has 1 fully saturated rings. The summed E-state index contributed by atoms with van der Waals surface area (Å²) in [6, 6.07) is 0. The average Bonchev–Trinajstić information content (AvgIpc) is 3.72. The average molecular weight is 948 g/mol. The molecule has 10 N–H and O–H groups in total. The number of imidazole rings is 1. The molecule has 2 aromatic rings. The van der Waals surface area contributed by atoms with E-state index in [-0.39, 0.29) is 48.0 Å². The van der Waals surface area contributed by atoms with Crippen molar-refractivity contribution in [2.75, 3.05) is 37.8 Å². The highest BCUT2D eigenvalue weighted by Gasteiger charge is 2.50. The van der Waals surface area contributed by atoms with Gasteiger partial charge in [-0.25, -0.2) is 28.6 Å². The number of aliphatic hydroxyl groups excluding tert-OH is 2. The van der Waals surface area contributed by atoms with E-state index in [9.17, 15) is 62.7 Å². The van der Waals surface area contributed by atoms with Gasteiger partial charge < -0.3 is 50.9 Å². The Morgan fingerprint density at radius 3 is 2.36 bits per heavy atom. The van der Waals surface area contributed by atoms with Gasteiger partial charge in [-0.1, -0.05) is 32.4 Å². The van der Waals surface area contributed by atoms with Gasteiger partial charge in [0.2, 0.25) is 11.8 Å². The zero-order valence-electron chi connectivity index (χ0n) is 33.7. The van der Waals surface area contributed by atoms with Gasteiger partial charge in [-0.05, 0) is 31.2 Å². The second-order valence-corrected chi connectivity index (χ2v) is 20.8. The Bertz CT molecular complexity index is 2090. The van der Waals surface area contributed by atoms with E-state index < -0.39 is 95.4 Å². The molecule has 3 heterocycles. The number of aldehydes is 1. The number of nitrogens with one attached hydrogen (secondary N) is 2. The second-order valence-electron chi connectivity index (χ2n) is 14.2. The molecule has 25 nitrogen and oxygen atoms in total. The molecule has 3 rings (SSSR count). The molecule has 8 atom stereocenters.